The molecule has 0 aromatic heterocycles. The van der Waals surface area contributed by atoms with Gasteiger partial charge in [0.25, 0.3) is 0 Å². The first-order valence-corrected chi connectivity index (χ1v) is 5.29. The van der Waals surface area contributed by atoms with E-state index < -0.39 is 6.10 Å². The van der Waals surface area contributed by atoms with Gasteiger partial charge in [-0.3, -0.25) is 4.79 Å². The normalized spacial score (nSPS) is 12.6. The lowest BCUT2D eigenvalue weighted by molar-refractivity contribution is -0.144. The SMILES string of the molecule is CCOC(=O)CC(O)/C=C/c1ccccc1. The van der Waals surface area contributed by atoms with Gasteiger partial charge < -0.3 is 9.84 Å². The number of hydrogen-bond acceptors (Lipinski definition) is 3. The minimum absolute atomic E-state index is 0.00280. The van der Waals surface area contributed by atoms with Gasteiger partial charge >= 0.3 is 5.97 Å². The van der Waals surface area contributed by atoms with Gasteiger partial charge in [-0.15, -0.1) is 0 Å². The van der Waals surface area contributed by atoms with E-state index in [2.05, 4.69) is 0 Å². The summed E-state index contributed by atoms with van der Waals surface area (Å²) in [6.07, 6.45) is 2.58. The van der Waals surface area contributed by atoms with Crippen LogP contribution >= 0.6 is 0 Å². The maximum atomic E-state index is 11.0. The van der Waals surface area contributed by atoms with Crippen molar-refractivity contribution >= 4 is 12.0 Å². The van der Waals surface area contributed by atoms with Crippen molar-refractivity contribution < 1.29 is 14.6 Å². The van der Waals surface area contributed by atoms with E-state index >= 15 is 0 Å². The molecule has 0 aliphatic heterocycles. The van der Waals surface area contributed by atoms with Crippen molar-refractivity contribution in [3.8, 4) is 0 Å². The van der Waals surface area contributed by atoms with Crippen LogP contribution in [-0.2, 0) is 9.53 Å². The Balaban J connectivity index is 2.42. The van der Waals surface area contributed by atoms with Crippen LogP contribution in [-0.4, -0.2) is 23.8 Å². The van der Waals surface area contributed by atoms with E-state index in [0.717, 1.165) is 5.56 Å². The molecule has 16 heavy (non-hydrogen) atoms. The zero-order chi connectivity index (χ0) is 11.8. The summed E-state index contributed by atoms with van der Waals surface area (Å²) in [5.74, 6) is -0.382. The van der Waals surface area contributed by atoms with Crippen LogP contribution in [0.15, 0.2) is 36.4 Å². The fourth-order valence-electron chi connectivity index (χ4n) is 1.25. The first kappa shape index (κ1) is 12.5. The first-order valence-electron chi connectivity index (χ1n) is 5.29. The minimum atomic E-state index is -0.792. The van der Waals surface area contributed by atoms with Crippen molar-refractivity contribution in [3.63, 3.8) is 0 Å². The molecule has 0 aliphatic rings. The Labute approximate surface area is 95.4 Å². The Hall–Kier alpha value is -1.61. The molecular weight excluding hydrogens is 204 g/mol. The monoisotopic (exact) mass is 220 g/mol. The molecule has 1 N–H and O–H groups in total. The van der Waals surface area contributed by atoms with Gasteiger partial charge in [0.05, 0.1) is 19.1 Å². The summed E-state index contributed by atoms with van der Waals surface area (Å²) >= 11 is 0. The van der Waals surface area contributed by atoms with Crippen LogP contribution in [0.2, 0.25) is 0 Å². The molecule has 0 amide bonds. The van der Waals surface area contributed by atoms with E-state index in [-0.39, 0.29) is 12.4 Å². The maximum Gasteiger partial charge on any atom is 0.308 e. The average Bonchev–Trinajstić information content (AvgIpc) is 2.28. The second-order valence-corrected chi connectivity index (χ2v) is 3.35. The van der Waals surface area contributed by atoms with Gasteiger partial charge in [-0.1, -0.05) is 42.5 Å². The van der Waals surface area contributed by atoms with Gasteiger partial charge in [0, 0.05) is 0 Å². The van der Waals surface area contributed by atoms with Gasteiger partial charge in [0.15, 0.2) is 0 Å². The Morgan fingerprint density at radius 1 is 1.44 bits per heavy atom. The van der Waals surface area contributed by atoms with Crippen molar-refractivity contribution in [2.24, 2.45) is 0 Å². The van der Waals surface area contributed by atoms with Crippen LogP contribution in [0.3, 0.4) is 0 Å². The largest absolute Gasteiger partial charge is 0.466 e. The van der Waals surface area contributed by atoms with E-state index in [0.29, 0.717) is 6.61 Å². The summed E-state index contributed by atoms with van der Waals surface area (Å²) < 4.78 is 4.73. The fourth-order valence-corrected chi connectivity index (χ4v) is 1.25. The van der Waals surface area contributed by atoms with Crippen LogP contribution < -0.4 is 0 Å². The lowest BCUT2D eigenvalue weighted by Gasteiger charge is -2.04. The number of hydrogen-bond donors (Lipinski definition) is 1. The quantitative estimate of drug-likeness (QED) is 0.772. The topological polar surface area (TPSA) is 46.5 Å². The third kappa shape index (κ3) is 4.75. The molecular formula is C13H16O3. The lowest BCUT2D eigenvalue weighted by atomic mass is 10.1. The first-order chi connectivity index (χ1) is 7.72. The Morgan fingerprint density at radius 2 is 2.12 bits per heavy atom. The predicted molar refractivity (Wildman–Crippen MR) is 62.7 cm³/mol. The van der Waals surface area contributed by atoms with Gasteiger partial charge in [0.1, 0.15) is 0 Å². The van der Waals surface area contributed by atoms with Crippen molar-refractivity contribution in [1.29, 1.82) is 0 Å². The molecule has 3 heteroatoms. The van der Waals surface area contributed by atoms with Crippen molar-refractivity contribution in [3.05, 3.63) is 42.0 Å². The van der Waals surface area contributed by atoms with Crippen LogP contribution in [0.1, 0.15) is 18.9 Å². The van der Waals surface area contributed by atoms with Crippen LogP contribution in [0.25, 0.3) is 6.08 Å². The molecule has 0 aliphatic carbocycles. The van der Waals surface area contributed by atoms with Gasteiger partial charge in [-0.2, -0.15) is 0 Å². The summed E-state index contributed by atoms with van der Waals surface area (Å²) in [5.41, 5.74) is 0.991. The number of ether oxygens (including phenoxy) is 1. The molecule has 1 atom stereocenters. The Kier molecular flexibility index (Phi) is 5.29. The maximum absolute atomic E-state index is 11.0. The highest BCUT2D eigenvalue weighted by Crippen LogP contribution is 2.04. The fraction of sp³-hybridized carbons (Fsp3) is 0.308. The van der Waals surface area contributed by atoms with Gasteiger partial charge in [0.2, 0.25) is 0 Å². The number of esters is 1. The van der Waals surface area contributed by atoms with E-state index in [9.17, 15) is 9.90 Å². The highest BCUT2D eigenvalue weighted by atomic mass is 16.5. The van der Waals surface area contributed by atoms with Gasteiger partial charge in [-0.25, -0.2) is 0 Å². The number of benzene rings is 1. The number of aliphatic hydroxyl groups is 1. The molecule has 0 spiro atoms. The molecule has 0 fully saturated rings. The molecule has 1 aromatic rings. The molecule has 3 nitrogen and oxygen atoms in total. The van der Waals surface area contributed by atoms with Crippen molar-refractivity contribution in [2.45, 2.75) is 19.4 Å². The zero-order valence-electron chi connectivity index (χ0n) is 9.30. The number of carbonyl (C=O) groups excluding carboxylic acids is 1. The highest BCUT2D eigenvalue weighted by Gasteiger charge is 2.07. The third-order valence-corrected chi connectivity index (χ3v) is 1.99. The van der Waals surface area contributed by atoms with Crippen molar-refractivity contribution in [2.75, 3.05) is 6.61 Å². The zero-order valence-corrected chi connectivity index (χ0v) is 9.30. The minimum Gasteiger partial charge on any atom is -0.466 e. The van der Waals surface area contributed by atoms with Crippen LogP contribution in [0, 0.1) is 0 Å². The molecule has 1 unspecified atom stereocenters. The van der Waals surface area contributed by atoms with Crippen LogP contribution in [0.4, 0.5) is 0 Å². The molecule has 1 aromatic carbocycles. The molecule has 86 valence electrons. The lowest BCUT2D eigenvalue weighted by Crippen LogP contribution is -2.13. The summed E-state index contributed by atoms with van der Waals surface area (Å²) in [7, 11) is 0. The summed E-state index contributed by atoms with van der Waals surface area (Å²) in [6, 6.07) is 9.60. The average molecular weight is 220 g/mol. The summed E-state index contributed by atoms with van der Waals surface area (Å²) in [6.45, 7) is 2.08. The van der Waals surface area contributed by atoms with Crippen molar-refractivity contribution in [1.82, 2.24) is 0 Å². The third-order valence-electron chi connectivity index (χ3n) is 1.99. The summed E-state index contributed by atoms with van der Waals surface area (Å²) in [5, 5.41) is 9.52. The Bertz CT molecular complexity index is 343. The Morgan fingerprint density at radius 3 is 2.75 bits per heavy atom. The second kappa shape index (κ2) is 6.80. The molecule has 0 bridgehead atoms. The predicted octanol–water partition coefficient (Wildman–Crippen LogP) is 2.01. The van der Waals surface area contributed by atoms with E-state index in [1.54, 1.807) is 19.1 Å². The molecule has 0 saturated heterocycles. The smallest absolute Gasteiger partial charge is 0.308 e. The van der Waals surface area contributed by atoms with E-state index in [4.69, 9.17) is 4.74 Å². The molecule has 0 radical (unpaired) electrons. The van der Waals surface area contributed by atoms with Gasteiger partial charge in [-0.05, 0) is 12.5 Å². The molecule has 1 rings (SSSR count). The number of carbonyl (C=O) groups is 1. The number of rotatable bonds is 5. The second-order valence-electron chi connectivity index (χ2n) is 3.35. The highest BCUT2D eigenvalue weighted by molar-refractivity contribution is 5.70. The van der Waals surface area contributed by atoms with E-state index in [1.807, 2.05) is 30.3 Å². The standard InChI is InChI=1S/C13H16O3/c1-2-16-13(15)10-12(14)9-8-11-6-4-3-5-7-11/h3-9,12,14H,2,10H2,1H3/b9-8+. The summed E-state index contributed by atoms with van der Waals surface area (Å²) in [4.78, 5) is 11.0. The van der Waals surface area contributed by atoms with Crippen LogP contribution in [0.5, 0.6) is 0 Å². The molecule has 0 saturated carbocycles. The van der Waals surface area contributed by atoms with E-state index in [1.165, 1.54) is 0 Å². The number of aliphatic hydroxyl groups excluding tert-OH is 1. The molecule has 0 heterocycles.